The molecule has 1 amide bonds. The molecular weight excluding hydrogens is 266 g/mol. The number of aryl methyl sites for hydroxylation is 1. The maximum absolute atomic E-state index is 11.8. The predicted octanol–water partition coefficient (Wildman–Crippen LogP) is 2.54. The Kier molecular flexibility index (Phi) is 8.51. The highest BCUT2D eigenvalue weighted by atomic mass is 16.5. The molecule has 0 aliphatic heterocycles. The van der Waals surface area contributed by atoms with Crippen molar-refractivity contribution in [2.75, 3.05) is 19.8 Å². The molecular formula is C17H27NO3. The van der Waals surface area contributed by atoms with Crippen molar-refractivity contribution in [1.82, 2.24) is 5.32 Å². The van der Waals surface area contributed by atoms with Gasteiger partial charge in [-0.3, -0.25) is 4.79 Å². The fourth-order valence-electron chi connectivity index (χ4n) is 2.22. The quantitative estimate of drug-likeness (QED) is 0.697. The lowest BCUT2D eigenvalue weighted by atomic mass is 10.0. The lowest BCUT2D eigenvalue weighted by Gasteiger charge is -2.15. The second kappa shape index (κ2) is 10.2. The van der Waals surface area contributed by atoms with Crippen LogP contribution >= 0.6 is 0 Å². The summed E-state index contributed by atoms with van der Waals surface area (Å²) in [5, 5.41) is 11.9. The van der Waals surface area contributed by atoms with E-state index in [4.69, 9.17) is 9.84 Å². The zero-order valence-corrected chi connectivity index (χ0v) is 13.1. The first-order valence-corrected chi connectivity index (χ1v) is 7.78. The van der Waals surface area contributed by atoms with Gasteiger partial charge in [0.2, 0.25) is 0 Å². The number of nitrogens with one attached hydrogen (secondary N) is 1. The minimum absolute atomic E-state index is 0.0312. The molecule has 4 heteroatoms. The third-order valence-electron chi connectivity index (χ3n) is 3.52. The molecule has 1 atom stereocenters. The molecule has 4 nitrogen and oxygen atoms in total. The summed E-state index contributed by atoms with van der Waals surface area (Å²) in [6.45, 7) is 5.01. The van der Waals surface area contributed by atoms with Gasteiger partial charge >= 0.3 is 0 Å². The van der Waals surface area contributed by atoms with Crippen LogP contribution in [0.3, 0.4) is 0 Å². The van der Waals surface area contributed by atoms with Gasteiger partial charge in [-0.05, 0) is 42.9 Å². The van der Waals surface area contributed by atoms with Crippen molar-refractivity contribution in [3.63, 3.8) is 0 Å². The maximum Gasteiger partial charge on any atom is 0.257 e. The first-order chi connectivity index (χ1) is 10.2. The van der Waals surface area contributed by atoms with E-state index in [-0.39, 0.29) is 19.1 Å². The summed E-state index contributed by atoms with van der Waals surface area (Å²) in [4.78, 5) is 11.8. The third-order valence-corrected chi connectivity index (χ3v) is 3.52. The summed E-state index contributed by atoms with van der Waals surface area (Å²) in [5.74, 6) is 0.934. The molecule has 1 rings (SSSR count). The van der Waals surface area contributed by atoms with Crippen LogP contribution in [-0.2, 0) is 11.2 Å². The molecule has 1 unspecified atom stereocenters. The summed E-state index contributed by atoms with van der Waals surface area (Å²) >= 11 is 0. The normalized spacial score (nSPS) is 12.0. The van der Waals surface area contributed by atoms with Gasteiger partial charge in [0.1, 0.15) is 5.75 Å². The van der Waals surface area contributed by atoms with Crippen LogP contribution in [-0.4, -0.2) is 30.8 Å². The van der Waals surface area contributed by atoms with Crippen molar-refractivity contribution in [3.05, 3.63) is 29.8 Å². The van der Waals surface area contributed by atoms with Crippen molar-refractivity contribution >= 4 is 5.91 Å². The molecule has 1 aromatic rings. The van der Waals surface area contributed by atoms with Crippen LogP contribution in [0.4, 0.5) is 0 Å². The lowest BCUT2D eigenvalue weighted by molar-refractivity contribution is -0.123. The van der Waals surface area contributed by atoms with Gasteiger partial charge in [-0.15, -0.1) is 0 Å². The maximum atomic E-state index is 11.8. The molecule has 1 aromatic carbocycles. The fraction of sp³-hybridized carbons (Fsp3) is 0.588. The molecule has 0 radical (unpaired) electrons. The number of carbonyl (C=O) groups is 1. The van der Waals surface area contributed by atoms with Crippen molar-refractivity contribution in [3.8, 4) is 5.75 Å². The Labute approximate surface area is 127 Å². The topological polar surface area (TPSA) is 58.6 Å². The van der Waals surface area contributed by atoms with E-state index >= 15 is 0 Å². The lowest BCUT2D eigenvalue weighted by Crippen LogP contribution is -2.33. The molecule has 118 valence electrons. The minimum Gasteiger partial charge on any atom is -0.484 e. The Bertz CT molecular complexity index is 397. The summed E-state index contributed by atoms with van der Waals surface area (Å²) in [6, 6.07) is 7.78. The number of ether oxygens (including phenoxy) is 1. The van der Waals surface area contributed by atoms with Crippen LogP contribution in [0.2, 0.25) is 0 Å². The van der Waals surface area contributed by atoms with Crippen LogP contribution in [0.15, 0.2) is 24.3 Å². The smallest absolute Gasteiger partial charge is 0.257 e. The Morgan fingerprint density at radius 2 is 1.95 bits per heavy atom. The van der Waals surface area contributed by atoms with Gasteiger partial charge in [0.25, 0.3) is 5.91 Å². The van der Waals surface area contributed by atoms with Crippen molar-refractivity contribution in [2.24, 2.45) is 5.92 Å². The van der Waals surface area contributed by atoms with Gasteiger partial charge in [0.15, 0.2) is 6.61 Å². The number of aliphatic hydroxyl groups excluding tert-OH is 1. The molecule has 0 aliphatic rings. The van der Waals surface area contributed by atoms with Crippen LogP contribution in [0.25, 0.3) is 0 Å². The Morgan fingerprint density at radius 1 is 1.24 bits per heavy atom. The van der Waals surface area contributed by atoms with E-state index in [2.05, 4.69) is 19.2 Å². The van der Waals surface area contributed by atoms with Gasteiger partial charge in [-0.1, -0.05) is 32.4 Å². The largest absolute Gasteiger partial charge is 0.484 e. The van der Waals surface area contributed by atoms with Gasteiger partial charge in [-0.25, -0.2) is 0 Å². The van der Waals surface area contributed by atoms with Crippen molar-refractivity contribution < 1.29 is 14.6 Å². The Balaban J connectivity index is 2.29. The molecule has 0 aliphatic carbocycles. The SMILES string of the molecule is CCCC(CCO)CNC(=O)COc1ccc(CC)cc1. The minimum atomic E-state index is -0.117. The standard InChI is InChI=1S/C17H27NO3/c1-3-5-15(10-11-19)12-18-17(20)13-21-16-8-6-14(4-2)7-9-16/h6-9,15,19H,3-5,10-13H2,1-2H3,(H,18,20). The van der Waals surface area contributed by atoms with Crippen molar-refractivity contribution in [1.29, 1.82) is 0 Å². The summed E-state index contributed by atoms with van der Waals surface area (Å²) < 4.78 is 5.46. The molecule has 0 fully saturated rings. The van der Waals surface area contributed by atoms with E-state index in [9.17, 15) is 4.79 Å². The van der Waals surface area contributed by atoms with E-state index < -0.39 is 0 Å². The van der Waals surface area contributed by atoms with Crippen LogP contribution in [0.1, 0.15) is 38.7 Å². The molecule has 0 spiro atoms. The second-order valence-electron chi connectivity index (χ2n) is 5.26. The monoisotopic (exact) mass is 293 g/mol. The molecule has 0 heterocycles. The predicted molar refractivity (Wildman–Crippen MR) is 84.4 cm³/mol. The van der Waals surface area contributed by atoms with Gasteiger partial charge in [0.05, 0.1) is 0 Å². The highest BCUT2D eigenvalue weighted by Gasteiger charge is 2.09. The van der Waals surface area contributed by atoms with Gasteiger partial charge < -0.3 is 15.2 Å². The third kappa shape index (κ3) is 7.14. The number of hydrogen-bond donors (Lipinski definition) is 2. The average Bonchev–Trinajstić information content (AvgIpc) is 2.51. The van der Waals surface area contributed by atoms with E-state index in [0.29, 0.717) is 18.2 Å². The number of amides is 1. The van der Waals surface area contributed by atoms with Gasteiger partial charge in [0, 0.05) is 13.2 Å². The van der Waals surface area contributed by atoms with Crippen LogP contribution < -0.4 is 10.1 Å². The molecule has 21 heavy (non-hydrogen) atoms. The molecule has 0 saturated carbocycles. The number of carbonyl (C=O) groups excluding carboxylic acids is 1. The first kappa shape index (κ1) is 17.5. The number of aliphatic hydroxyl groups is 1. The highest BCUT2D eigenvalue weighted by molar-refractivity contribution is 5.77. The summed E-state index contributed by atoms with van der Waals surface area (Å²) in [7, 11) is 0. The Hall–Kier alpha value is -1.55. The van der Waals surface area contributed by atoms with Crippen LogP contribution in [0.5, 0.6) is 5.75 Å². The second-order valence-corrected chi connectivity index (χ2v) is 5.26. The van der Waals surface area contributed by atoms with Gasteiger partial charge in [-0.2, -0.15) is 0 Å². The summed E-state index contributed by atoms with van der Waals surface area (Å²) in [5.41, 5.74) is 1.25. The number of benzene rings is 1. The van der Waals surface area contributed by atoms with Crippen LogP contribution in [0, 0.1) is 5.92 Å². The zero-order valence-electron chi connectivity index (χ0n) is 13.1. The molecule has 0 aromatic heterocycles. The highest BCUT2D eigenvalue weighted by Crippen LogP contribution is 2.12. The van der Waals surface area contributed by atoms with E-state index in [1.165, 1.54) is 5.56 Å². The van der Waals surface area contributed by atoms with E-state index in [1.807, 2.05) is 24.3 Å². The van der Waals surface area contributed by atoms with E-state index in [1.54, 1.807) is 0 Å². The van der Waals surface area contributed by atoms with E-state index in [0.717, 1.165) is 25.7 Å². The molecule has 2 N–H and O–H groups in total. The first-order valence-electron chi connectivity index (χ1n) is 7.78. The molecule has 0 saturated heterocycles. The number of rotatable bonds is 10. The average molecular weight is 293 g/mol. The van der Waals surface area contributed by atoms with Crippen molar-refractivity contribution in [2.45, 2.75) is 39.5 Å². The Morgan fingerprint density at radius 3 is 2.52 bits per heavy atom. The number of hydrogen-bond acceptors (Lipinski definition) is 3. The fourth-order valence-corrected chi connectivity index (χ4v) is 2.22. The molecule has 0 bridgehead atoms. The summed E-state index contributed by atoms with van der Waals surface area (Å²) in [6.07, 6.45) is 3.79. The zero-order chi connectivity index (χ0) is 15.5.